The van der Waals surface area contributed by atoms with Gasteiger partial charge in [0.05, 0.1) is 12.6 Å². The largest absolute Gasteiger partial charge is 0.497 e. The molecule has 1 fully saturated rings. The molecule has 1 aliphatic heterocycles. The van der Waals surface area contributed by atoms with Gasteiger partial charge in [-0.1, -0.05) is 42.5 Å². The second-order valence-corrected chi connectivity index (χ2v) is 9.30. The molecule has 0 bridgehead atoms. The Bertz CT molecular complexity index is 1480. The average Bonchev–Trinajstić information content (AvgIpc) is 3.42. The van der Waals surface area contributed by atoms with Gasteiger partial charge in [0.1, 0.15) is 5.75 Å². The molecular formula is C29H31N7O. The van der Waals surface area contributed by atoms with Crippen molar-refractivity contribution in [1.82, 2.24) is 24.5 Å². The van der Waals surface area contributed by atoms with Crippen LogP contribution in [0, 0.1) is 0 Å². The van der Waals surface area contributed by atoms with E-state index in [9.17, 15) is 0 Å². The second kappa shape index (κ2) is 10.4. The van der Waals surface area contributed by atoms with Gasteiger partial charge < -0.3 is 15.0 Å². The smallest absolute Gasteiger partial charge is 0.226 e. The molecule has 0 unspecified atom stereocenters. The van der Waals surface area contributed by atoms with E-state index in [1.807, 2.05) is 65.2 Å². The predicted octanol–water partition coefficient (Wildman–Crippen LogP) is 4.58. The summed E-state index contributed by atoms with van der Waals surface area (Å²) < 4.78 is 7.13. The molecule has 0 amide bonds. The van der Waals surface area contributed by atoms with E-state index in [1.54, 1.807) is 7.11 Å². The predicted molar refractivity (Wildman–Crippen MR) is 148 cm³/mol. The van der Waals surface area contributed by atoms with E-state index < -0.39 is 0 Å². The van der Waals surface area contributed by atoms with Crippen LogP contribution in [0.5, 0.6) is 5.75 Å². The number of para-hydroxylation sites is 1. The lowest BCUT2D eigenvalue weighted by Gasteiger charge is -2.36. The first-order chi connectivity index (χ1) is 18.3. The number of nitrogens with one attached hydrogen (secondary N) is 1. The minimum absolute atomic E-state index is 0.705. The maximum Gasteiger partial charge on any atom is 0.226 e. The molecule has 1 saturated heterocycles. The molecule has 0 radical (unpaired) electrons. The topological polar surface area (TPSA) is 70.8 Å². The summed E-state index contributed by atoms with van der Waals surface area (Å²) in [4.78, 5) is 14.7. The molecule has 8 heteroatoms. The summed E-state index contributed by atoms with van der Waals surface area (Å²) in [5, 5.41) is 9.33. The zero-order chi connectivity index (χ0) is 25.0. The van der Waals surface area contributed by atoms with Crippen molar-refractivity contribution < 1.29 is 4.74 Å². The van der Waals surface area contributed by atoms with Crippen molar-refractivity contribution in [2.24, 2.45) is 0 Å². The maximum atomic E-state index is 5.28. The Morgan fingerprint density at radius 2 is 1.59 bits per heavy atom. The molecule has 0 saturated carbocycles. The minimum Gasteiger partial charge on any atom is -0.497 e. The zero-order valence-electron chi connectivity index (χ0n) is 21.0. The third kappa shape index (κ3) is 4.93. The minimum atomic E-state index is 0.705. The lowest BCUT2D eigenvalue weighted by Crippen LogP contribution is -2.46. The molecule has 3 aromatic carbocycles. The molecule has 37 heavy (non-hydrogen) atoms. The Hall–Kier alpha value is -4.17. The number of nitrogens with zero attached hydrogens (tertiary/aromatic N) is 6. The van der Waals surface area contributed by atoms with Crippen LogP contribution in [-0.2, 0) is 0 Å². The van der Waals surface area contributed by atoms with Gasteiger partial charge in [-0.3, -0.25) is 4.90 Å². The monoisotopic (exact) mass is 493 g/mol. The SMILES string of the molecule is COc1ccc(N2CCN(CCCNc3nc4ccccc4c4nc(-c5ccccc5)nn34)CC2)cc1. The first-order valence-corrected chi connectivity index (χ1v) is 12.8. The van der Waals surface area contributed by atoms with E-state index in [0.717, 1.165) is 79.5 Å². The second-order valence-electron chi connectivity index (χ2n) is 9.30. The van der Waals surface area contributed by atoms with Crippen LogP contribution < -0.4 is 15.0 Å². The lowest BCUT2D eigenvalue weighted by atomic mass is 10.2. The third-order valence-electron chi connectivity index (χ3n) is 6.96. The molecular weight excluding hydrogens is 462 g/mol. The highest BCUT2D eigenvalue weighted by Gasteiger charge is 2.18. The van der Waals surface area contributed by atoms with Crippen LogP contribution in [0.15, 0.2) is 78.9 Å². The van der Waals surface area contributed by atoms with E-state index in [2.05, 4.69) is 33.3 Å². The number of aromatic nitrogens is 4. The van der Waals surface area contributed by atoms with Gasteiger partial charge in [0.25, 0.3) is 0 Å². The van der Waals surface area contributed by atoms with Crippen LogP contribution in [0.25, 0.3) is 27.9 Å². The van der Waals surface area contributed by atoms with Crippen LogP contribution in [-0.4, -0.2) is 70.9 Å². The standard InChI is InChI=1S/C29H31N7O/c1-37-24-14-12-23(13-15-24)35-20-18-34(19-21-35)17-7-16-30-29-31-26-11-6-5-10-25(26)28-32-27(33-36(28)29)22-8-3-2-4-9-22/h2-6,8-15H,7,16-21H2,1H3,(H,30,31). The van der Waals surface area contributed by atoms with Crippen molar-refractivity contribution in [3.8, 4) is 17.1 Å². The van der Waals surface area contributed by atoms with Crippen LogP contribution in [0.1, 0.15) is 6.42 Å². The normalized spacial score (nSPS) is 14.4. The third-order valence-corrected chi connectivity index (χ3v) is 6.96. The summed E-state index contributed by atoms with van der Waals surface area (Å²) in [6, 6.07) is 26.5. The van der Waals surface area contributed by atoms with Gasteiger partial charge in [-0.2, -0.15) is 4.52 Å². The quantitative estimate of drug-likeness (QED) is 0.317. The number of hydrogen-bond donors (Lipinski definition) is 1. The molecule has 0 spiro atoms. The zero-order valence-corrected chi connectivity index (χ0v) is 21.0. The summed E-state index contributed by atoms with van der Waals surface area (Å²) in [7, 11) is 1.70. The first kappa shape index (κ1) is 23.2. The fraction of sp³-hybridized carbons (Fsp3) is 0.276. The highest BCUT2D eigenvalue weighted by Crippen LogP contribution is 2.24. The van der Waals surface area contributed by atoms with Gasteiger partial charge in [-0.25, -0.2) is 9.97 Å². The fourth-order valence-corrected chi connectivity index (χ4v) is 4.91. The summed E-state index contributed by atoms with van der Waals surface area (Å²) in [5.74, 6) is 2.33. The highest BCUT2D eigenvalue weighted by atomic mass is 16.5. The molecule has 5 aromatic rings. The van der Waals surface area contributed by atoms with Gasteiger partial charge >= 0.3 is 0 Å². The van der Waals surface area contributed by atoms with E-state index in [4.69, 9.17) is 19.8 Å². The van der Waals surface area contributed by atoms with Crippen molar-refractivity contribution in [3.05, 3.63) is 78.9 Å². The van der Waals surface area contributed by atoms with Crippen molar-refractivity contribution in [1.29, 1.82) is 0 Å². The Balaban J connectivity index is 1.09. The van der Waals surface area contributed by atoms with E-state index in [-0.39, 0.29) is 0 Å². The Kier molecular flexibility index (Phi) is 6.56. The number of methoxy groups -OCH3 is 1. The van der Waals surface area contributed by atoms with E-state index in [1.165, 1.54) is 5.69 Å². The molecule has 6 rings (SSSR count). The maximum absolute atomic E-state index is 5.28. The van der Waals surface area contributed by atoms with E-state index >= 15 is 0 Å². The molecule has 3 heterocycles. The molecule has 1 N–H and O–H groups in total. The van der Waals surface area contributed by atoms with E-state index in [0.29, 0.717) is 5.82 Å². The Labute approximate surface area is 216 Å². The van der Waals surface area contributed by atoms with Gasteiger partial charge in [0, 0.05) is 49.4 Å². The van der Waals surface area contributed by atoms with Gasteiger partial charge in [0.15, 0.2) is 11.5 Å². The van der Waals surface area contributed by atoms with Crippen molar-refractivity contribution in [2.45, 2.75) is 6.42 Å². The number of benzene rings is 3. The molecule has 0 aliphatic carbocycles. The van der Waals surface area contributed by atoms with Gasteiger partial charge in [-0.15, -0.1) is 5.10 Å². The number of anilines is 2. The van der Waals surface area contributed by atoms with Gasteiger partial charge in [-0.05, 0) is 49.4 Å². The van der Waals surface area contributed by atoms with Crippen molar-refractivity contribution in [3.63, 3.8) is 0 Å². The van der Waals surface area contributed by atoms with Crippen LogP contribution >= 0.6 is 0 Å². The number of hydrogen-bond acceptors (Lipinski definition) is 7. The molecule has 188 valence electrons. The lowest BCUT2D eigenvalue weighted by molar-refractivity contribution is 0.257. The number of ether oxygens (including phenoxy) is 1. The summed E-state index contributed by atoms with van der Waals surface area (Å²) >= 11 is 0. The number of piperazine rings is 1. The summed E-state index contributed by atoms with van der Waals surface area (Å²) in [5.41, 5.74) is 3.99. The Morgan fingerprint density at radius 1 is 0.838 bits per heavy atom. The first-order valence-electron chi connectivity index (χ1n) is 12.8. The molecule has 0 atom stereocenters. The van der Waals surface area contributed by atoms with Crippen LogP contribution in [0.4, 0.5) is 11.6 Å². The summed E-state index contributed by atoms with van der Waals surface area (Å²) in [6.07, 6.45) is 1.03. The molecule has 8 nitrogen and oxygen atoms in total. The van der Waals surface area contributed by atoms with Crippen molar-refractivity contribution in [2.75, 3.05) is 56.6 Å². The fourth-order valence-electron chi connectivity index (χ4n) is 4.91. The van der Waals surface area contributed by atoms with Crippen LogP contribution in [0.3, 0.4) is 0 Å². The van der Waals surface area contributed by atoms with Crippen LogP contribution in [0.2, 0.25) is 0 Å². The Morgan fingerprint density at radius 3 is 2.38 bits per heavy atom. The number of fused-ring (bicyclic) bond motifs is 3. The molecule has 1 aliphatic rings. The highest BCUT2D eigenvalue weighted by molar-refractivity contribution is 5.92. The molecule has 2 aromatic heterocycles. The number of rotatable bonds is 8. The summed E-state index contributed by atoms with van der Waals surface area (Å²) in [6.45, 7) is 6.07. The van der Waals surface area contributed by atoms with Gasteiger partial charge in [0.2, 0.25) is 5.95 Å². The average molecular weight is 494 g/mol. The van der Waals surface area contributed by atoms with Crippen molar-refractivity contribution >= 4 is 28.2 Å².